The fraction of sp³-hybridized carbons (Fsp3) is 0.316. The SMILES string of the molecule is c1cncc(-c2cn3nc(NCc4ccc(CN5CCOCC5)o4)sc3n2)c1. The molecule has 1 aliphatic heterocycles. The third-order valence-electron chi connectivity index (χ3n) is 4.61. The predicted molar refractivity (Wildman–Crippen MR) is 106 cm³/mol. The smallest absolute Gasteiger partial charge is 0.214 e. The quantitative estimate of drug-likeness (QED) is 0.537. The second-order valence-electron chi connectivity index (χ2n) is 6.61. The van der Waals surface area contributed by atoms with E-state index in [9.17, 15) is 0 Å². The number of hydrogen-bond donors (Lipinski definition) is 1. The number of morpholine rings is 1. The number of anilines is 1. The Kier molecular flexibility index (Phi) is 4.78. The summed E-state index contributed by atoms with van der Waals surface area (Å²) in [6.07, 6.45) is 5.47. The number of hydrogen-bond acceptors (Lipinski definition) is 8. The second kappa shape index (κ2) is 7.70. The maximum Gasteiger partial charge on any atom is 0.214 e. The zero-order chi connectivity index (χ0) is 18.8. The van der Waals surface area contributed by atoms with Crippen LogP contribution in [0.25, 0.3) is 16.2 Å². The van der Waals surface area contributed by atoms with Crippen LogP contribution in [-0.2, 0) is 17.8 Å². The van der Waals surface area contributed by atoms with Crippen molar-refractivity contribution in [2.24, 2.45) is 0 Å². The van der Waals surface area contributed by atoms with Crippen LogP contribution in [0, 0.1) is 0 Å². The van der Waals surface area contributed by atoms with Gasteiger partial charge in [0.1, 0.15) is 11.5 Å². The number of ether oxygens (including phenoxy) is 1. The van der Waals surface area contributed by atoms with E-state index in [1.165, 1.54) is 11.3 Å². The summed E-state index contributed by atoms with van der Waals surface area (Å²) in [6, 6.07) is 7.95. The summed E-state index contributed by atoms with van der Waals surface area (Å²) in [4.78, 5) is 11.9. The van der Waals surface area contributed by atoms with E-state index in [2.05, 4.69) is 25.3 Å². The van der Waals surface area contributed by atoms with E-state index >= 15 is 0 Å². The summed E-state index contributed by atoms with van der Waals surface area (Å²) in [5.74, 6) is 1.88. The van der Waals surface area contributed by atoms with Gasteiger partial charge in [0.25, 0.3) is 0 Å². The van der Waals surface area contributed by atoms with Crippen molar-refractivity contribution >= 4 is 21.4 Å². The number of nitrogens with one attached hydrogen (secondary N) is 1. The van der Waals surface area contributed by atoms with E-state index in [1.54, 1.807) is 16.9 Å². The molecule has 0 bridgehead atoms. The largest absolute Gasteiger partial charge is 0.463 e. The number of pyridine rings is 1. The van der Waals surface area contributed by atoms with Gasteiger partial charge in [-0.1, -0.05) is 11.3 Å². The van der Waals surface area contributed by atoms with Gasteiger partial charge in [0.2, 0.25) is 10.1 Å². The number of furan rings is 1. The molecule has 5 rings (SSSR count). The van der Waals surface area contributed by atoms with Crippen LogP contribution in [0.15, 0.2) is 47.3 Å². The first-order chi connectivity index (χ1) is 13.8. The van der Waals surface area contributed by atoms with Gasteiger partial charge in [-0.05, 0) is 24.3 Å². The van der Waals surface area contributed by atoms with Gasteiger partial charge in [-0.25, -0.2) is 9.50 Å². The first kappa shape index (κ1) is 17.4. The van der Waals surface area contributed by atoms with Gasteiger partial charge in [-0.15, -0.1) is 5.10 Å². The highest BCUT2D eigenvalue weighted by molar-refractivity contribution is 7.20. The average Bonchev–Trinajstić information content (AvgIpc) is 3.43. The predicted octanol–water partition coefficient (Wildman–Crippen LogP) is 2.89. The number of fused-ring (bicyclic) bond motifs is 1. The maximum atomic E-state index is 5.94. The highest BCUT2D eigenvalue weighted by Gasteiger charge is 2.14. The van der Waals surface area contributed by atoms with Crippen molar-refractivity contribution in [3.8, 4) is 11.3 Å². The van der Waals surface area contributed by atoms with Crippen LogP contribution >= 0.6 is 11.3 Å². The van der Waals surface area contributed by atoms with Crippen molar-refractivity contribution < 1.29 is 9.15 Å². The summed E-state index contributed by atoms with van der Waals surface area (Å²) in [7, 11) is 0. The molecule has 144 valence electrons. The molecule has 0 amide bonds. The van der Waals surface area contributed by atoms with Gasteiger partial charge in [0.05, 0.1) is 38.2 Å². The Balaban J connectivity index is 1.21. The number of imidazole rings is 1. The Labute approximate surface area is 165 Å². The molecular weight excluding hydrogens is 376 g/mol. The zero-order valence-corrected chi connectivity index (χ0v) is 16.1. The Morgan fingerprint density at radius 3 is 2.86 bits per heavy atom. The lowest BCUT2D eigenvalue weighted by atomic mass is 10.2. The number of nitrogens with zero attached hydrogens (tertiary/aromatic N) is 5. The Hall–Kier alpha value is -2.75. The first-order valence-corrected chi connectivity index (χ1v) is 10.0. The van der Waals surface area contributed by atoms with Crippen molar-refractivity contribution in [1.82, 2.24) is 24.5 Å². The molecule has 1 saturated heterocycles. The van der Waals surface area contributed by atoms with E-state index < -0.39 is 0 Å². The molecule has 0 radical (unpaired) electrons. The normalized spacial score (nSPS) is 15.3. The molecule has 0 aromatic carbocycles. The average molecular weight is 396 g/mol. The summed E-state index contributed by atoms with van der Waals surface area (Å²) in [5.41, 5.74) is 1.86. The molecular formula is C19H20N6O2S. The molecule has 1 aliphatic rings. The first-order valence-electron chi connectivity index (χ1n) is 9.22. The molecule has 9 heteroatoms. The molecule has 8 nitrogen and oxygen atoms in total. The van der Waals surface area contributed by atoms with Crippen LogP contribution in [0.3, 0.4) is 0 Å². The van der Waals surface area contributed by atoms with Crippen LogP contribution in [0.1, 0.15) is 11.5 Å². The lowest BCUT2D eigenvalue weighted by Crippen LogP contribution is -2.35. The van der Waals surface area contributed by atoms with Crippen molar-refractivity contribution in [3.63, 3.8) is 0 Å². The van der Waals surface area contributed by atoms with E-state index in [0.29, 0.717) is 6.54 Å². The molecule has 1 fully saturated rings. The van der Waals surface area contributed by atoms with E-state index in [0.717, 1.165) is 65.7 Å². The zero-order valence-electron chi connectivity index (χ0n) is 15.2. The van der Waals surface area contributed by atoms with Gasteiger partial charge < -0.3 is 14.5 Å². The van der Waals surface area contributed by atoms with Gasteiger partial charge in [0, 0.05) is 31.0 Å². The fourth-order valence-corrected chi connectivity index (χ4v) is 3.95. The molecule has 0 saturated carbocycles. The minimum atomic E-state index is 0.593. The van der Waals surface area contributed by atoms with Crippen molar-refractivity contribution in [3.05, 3.63) is 54.4 Å². The monoisotopic (exact) mass is 396 g/mol. The summed E-state index contributed by atoms with van der Waals surface area (Å²) in [5, 5.41) is 8.68. The molecule has 4 aromatic rings. The minimum Gasteiger partial charge on any atom is -0.463 e. The molecule has 4 aromatic heterocycles. The van der Waals surface area contributed by atoms with Crippen LogP contribution < -0.4 is 5.32 Å². The van der Waals surface area contributed by atoms with Crippen molar-refractivity contribution in [2.45, 2.75) is 13.1 Å². The maximum absolute atomic E-state index is 5.94. The summed E-state index contributed by atoms with van der Waals surface area (Å²) in [6.45, 7) is 4.91. The van der Waals surface area contributed by atoms with Crippen LogP contribution in [0.4, 0.5) is 5.13 Å². The van der Waals surface area contributed by atoms with E-state index in [-0.39, 0.29) is 0 Å². The molecule has 5 heterocycles. The van der Waals surface area contributed by atoms with Gasteiger partial charge in [-0.2, -0.15) is 0 Å². The molecule has 0 atom stereocenters. The van der Waals surface area contributed by atoms with E-state index in [4.69, 9.17) is 9.15 Å². The van der Waals surface area contributed by atoms with Gasteiger partial charge >= 0.3 is 0 Å². The Morgan fingerprint density at radius 2 is 2.04 bits per heavy atom. The molecule has 0 spiro atoms. The lowest BCUT2D eigenvalue weighted by molar-refractivity contribution is 0.0312. The third kappa shape index (κ3) is 3.77. The van der Waals surface area contributed by atoms with Crippen molar-refractivity contribution in [1.29, 1.82) is 0 Å². The molecule has 0 aliphatic carbocycles. The molecule has 28 heavy (non-hydrogen) atoms. The Bertz CT molecular complexity index is 1020. The summed E-state index contributed by atoms with van der Waals surface area (Å²) < 4.78 is 13.1. The van der Waals surface area contributed by atoms with Crippen LogP contribution in [0.2, 0.25) is 0 Å². The fourth-order valence-electron chi connectivity index (χ4n) is 3.17. The van der Waals surface area contributed by atoms with Crippen LogP contribution in [0.5, 0.6) is 0 Å². The molecule has 0 unspecified atom stereocenters. The van der Waals surface area contributed by atoms with Gasteiger partial charge in [-0.3, -0.25) is 9.88 Å². The lowest BCUT2D eigenvalue weighted by Gasteiger charge is -2.25. The van der Waals surface area contributed by atoms with Crippen LogP contribution in [-0.4, -0.2) is 50.8 Å². The van der Waals surface area contributed by atoms with E-state index in [1.807, 2.05) is 30.5 Å². The highest BCUT2D eigenvalue weighted by atomic mass is 32.1. The minimum absolute atomic E-state index is 0.593. The standard InChI is InChI=1S/C19H20N6O2S/c1-2-14(10-20-5-1)17-13-25-19(22-17)28-18(23-25)21-11-15-3-4-16(27-15)12-24-6-8-26-9-7-24/h1-5,10,13H,6-9,11-12H2,(H,21,23). The highest BCUT2D eigenvalue weighted by Crippen LogP contribution is 2.24. The topological polar surface area (TPSA) is 80.7 Å². The van der Waals surface area contributed by atoms with Gasteiger partial charge in [0.15, 0.2) is 0 Å². The number of aromatic nitrogens is 4. The third-order valence-corrected chi connectivity index (χ3v) is 5.50. The molecule has 1 N–H and O–H groups in total. The number of rotatable bonds is 6. The summed E-state index contributed by atoms with van der Waals surface area (Å²) >= 11 is 1.51. The second-order valence-corrected chi connectivity index (χ2v) is 7.57. The Morgan fingerprint density at radius 1 is 1.14 bits per heavy atom. The van der Waals surface area contributed by atoms with Crippen molar-refractivity contribution in [2.75, 3.05) is 31.6 Å².